The van der Waals surface area contributed by atoms with Gasteiger partial charge < -0.3 is 9.47 Å². The van der Waals surface area contributed by atoms with Crippen LogP contribution in [0.2, 0.25) is 0 Å². The van der Waals surface area contributed by atoms with Crippen LogP contribution < -0.4 is 0 Å². The molecule has 100 valence electrons. The lowest BCUT2D eigenvalue weighted by atomic mass is 9.81. The van der Waals surface area contributed by atoms with Crippen molar-refractivity contribution in [3.63, 3.8) is 0 Å². The van der Waals surface area contributed by atoms with Crippen molar-refractivity contribution in [2.75, 3.05) is 14.2 Å². The van der Waals surface area contributed by atoms with Crippen molar-refractivity contribution in [1.82, 2.24) is 9.97 Å². The van der Waals surface area contributed by atoms with Gasteiger partial charge in [-0.25, -0.2) is 0 Å². The standard InChI is InChI=1S/C15H18N2O2/c1-15(14(18-2)19-3,12-8-4-6-10-16-12)13-9-5-7-11-17-13/h4-11,14H,1-3H3. The summed E-state index contributed by atoms with van der Waals surface area (Å²) in [5, 5.41) is 0. The van der Waals surface area contributed by atoms with Gasteiger partial charge in [0.2, 0.25) is 0 Å². The first kappa shape index (κ1) is 13.6. The lowest BCUT2D eigenvalue weighted by Gasteiger charge is -2.34. The van der Waals surface area contributed by atoms with Crippen LogP contribution in [-0.2, 0) is 14.9 Å². The minimum absolute atomic E-state index is 0.461. The van der Waals surface area contributed by atoms with Crippen LogP contribution in [0.3, 0.4) is 0 Å². The Hall–Kier alpha value is -1.78. The molecule has 0 aliphatic heterocycles. The van der Waals surface area contributed by atoms with Crippen LogP contribution in [-0.4, -0.2) is 30.5 Å². The van der Waals surface area contributed by atoms with Crippen LogP contribution in [0, 0.1) is 0 Å². The normalized spacial score (nSPS) is 11.8. The quantitative estimate of drug-likeness (QED) is 0.772. The molecule has 0 saturated heterocycles. The molecule has 0 amide bonds. The minimum Gasteiger partial charge on any atom is -0.354 e. The Balaban J connectivity index is 2.57. The molecule has 2 aromatic heterocycles. The number of hydrogen-bond acceptors (Lipinski definition) is 4. The van der Waals surface area contributed by atoms with Gasteiger partial charge in [0.15, 0.2) is 6.29 Å². The Morgan fingerprint density at radius 2 is 1.37 bits per heavy atom. The van der Waals surface area contributed by atoms with Gasteiger partial charge in [0.25, 0.3) is 0 Å². The topological polar surface area (TPSA) is 44.2 Å². The van der Waals surface area contributed by atoms with Crippen LogP contribution in [0.5, 0.6) is 0 Å². The second-order valence-corrected chi connectivity index (χ2v) is 4.44. The molecule has 0 N–H and O–H groups in total. The average molecular weight is 258 g/mol. The van der Waals surface area contributed by atoms with Crippen LogP contribution in [0.15, 0.2) is 48.8 Å². The molecule has 0 aliphatic carbocycles. The van der Waals surface area contributed by atoms with Gasteiger partial charge in [0, 0.05) is 26.6 Å². The maximum absolute atomic E-state index is 5.47. The molecule has 0 spiro atoms. The van der Waals surface area contributed by atoms with Gasteiger partial charge in [-0.05, 0) is 31.2 Å². The Bertz CT molecular complexity index is 459. The zero-order chi connectivity index (χ0) is 13.7. The molecule has 0 radical (unpaired) electrons. The number of pyridine rings is 2. The van der Waals surface area contributed by atoms with Gasteiger partial charge in [0.05, 0.1) is 11.4 Å². The van der Waals surface area contributed by atoms with E-state index in [0.717, 1.165) is 11.4 Å². The highest BCUT2D eigenvalue weighted by Gasteiger charge is 2.41. The van der Waals surface area contributed by atoms with Gasteiger partial charge in [-0.1, -0.05) is 12.1 Å². The maximum Gasteiger partial charge on any atom is 0.173 e. The number of methoxy groups -OCH3 is 2. The van der Waals surface area contributed by atoms with E-state index in [4.69, 9.17) is 9.47 Å². The second kappa shape index (κ2) is 5.91. The Labute approximate surface area is 113 Å². The van der Waals surface area contributed by atoms with Crippen molar-refractivity contribution in [2.24, 2.45) is 0 Å². The molecule has 0 unspecified atom stereocenters. The number of hydrogen-bond donors (Lipinski definition) is 0. The molecule has 0 saturated carbocycles. The summed E-state index contributed by atoms with van der Waals surface area (Å²) in [6.07, 6.45) is 3.06. The van der Waals surface area contributed by atoms with Gasteiger partial charge >= 0.3 is 0 Å². The average Bonchev–Trinajstić information content (AvgIpc) is 2.50. The van der Waals surface area contributed by atoms with Crippen molar-refractivity contribution in [3.8, 4) is 0 Å². The third-order valence-electron chi connectivity index (χ3n) is 3.29. The fraction of sp³-hybridized carbons (Fsp3) is 0.333. The summed E-state index contributed by atoms with van der Waals surface area (Å²) < 4.78 is 10.9. The van der Waals surface area contributed by atoms with Crippen LogP contribution in [0.25, 0.3) is 0 Å². The van der Waals surface area contributed by atoms with Crippen LogP contribution in [0.4, 0.5) is 0 Å². The molecule has 0 bridgehead atoms. The first-order valence-corrected chi connectivity index (χ1v) is 6.12. The maximum atomic E-state index is 5.47. The second-order valence-electron chi connectivity index (χ2n) is 4.44. The molecule has 0 aliphatic rings. The van der Waals surface area contributed by atoms with Gasteiger partial charge in [-0.2, -0.15) is 0 Å². The van der Waals surface area contributed by atoms with E-state index in [1.165, 1.54) is 0 Å². The minimum atomic E-state index is -0.563. The Kier molecular flexibility index (Phi) is 4.24. The lowest BCUT2D eigenvalue weighted by molar-refractivity contribution is -0.137. The predicted octanol–water partition coefficient (Wildman–Crippen LogP) is 2.40. The van der Waals surface area contributed by atoms with E-state index in [2.05, 4.69) is 9.97 Å². The lowest BCUT2D eigenvalue weighted by Crippen LogP contribution is -2.41. The van der Waals surface area contributed by atoms with E-state index < -0.39 is 11.7 Å². The molecule has 2 rings (SSSR count). The van der Waals surface area contributed by atoms with E-state index in [1.807, 2.05) is 43.3 Å². The monoisotopic (exact) mass is 258 g/mol. The highest BCUT2D eigenvalue weighted by atomic mass is 16.7. The first-order valence-electron chi connectivity index (χ1n) is 6.12. The molecular formula is C15H18N2O2. The van der Waals surface area contributed by atoms with Crippen molar-refractivity contribution in [3.05, 3.63) is 60.2 Å². The largest absolute Gasteiger partial charge is 0.354 e. The fourth-order valence-corrected chi connectivity index (χ4v) is 2.28. The van der Waals surface area contributed by atoms with Crippen molar-refractivity contribution in [2.45, 2.75) is 18.6 Å². The summed E-state index contributed by atoms with van der Waals surface area (Å²) in [5.74, 6) is 0. The molecule has 4 heteroatoms. The third-order valence-corrected chi connectivity index (χ3v) is 3.29. The molecular weight excluding hydrogens is 240 g/mol. The third kappa shape index (κ3) is 2.50. The van der Waals surface area contributed by atoms with Gasteiger partial charge in [-0.15, -0.1) is 0 Å². The van der Waals surface area contributed by atoms with E-state index in [0.29, 0.717) is 0 Å². The molecule has 0 fully saturated rings. The van der Waals surface area contributed by atoms with E-state index in [1.54, 1.807) is 26.6 Å². The van der Waals surface area contributed by atoms with E-state index in [9.17, 15) is 0 Å². The van der Waals surface area contributed by atoms with E-state index >= 15 is 0 Å². The predicted molar refractivity (Wildman–Crippen MR) is 72.7 cm³/mol. The van der Waals surface area contributed by atoms with Crippen molar-refractivity contribution >= 4 is 0 Å². The molecule has 19 heavy (non-hydrogen) atoms. The highest BCUT2D eigenvalue weighted by molar-refractivity contribution is 5.31. The van der Waals surface area contributed by atoms with Crippen molar-refractivity contribution < 1.29 is 9.47 Å². The zero-order valence-corrected chi connectivity index (χ0v) is 11.4. The molecule has 0 aromatic carbocycles. The fourth-order valence-electron chi connectivity index (χ4n) is 2.28. The number of ether oxygens (including phenoxy) is 2. The highest BCUT2D eigenvalue weighted by Crippen LogP contribution is 2.34. The summed E-state index contributed by atoms with van der Waals surface area (Å²) in [7, 11) is 3.25. The summed E-state index contributed by atoms with van der Waals surface area (Å²) in [6, 6.07) is 11.6. The number of aromatic nitrogens is 2. The first-order chi connectivity index (χ1) is 9.23. The summed E-state index contributed by atoms with van der Waals surface area (Å²) in [6.45, 7) is 2.02. The molecule has 2 aromatic rings. The Morgan fingerprint density at radius 3 is 1.68 bits per heavy atom. The van der Waals surface area contributed by atoms with Gasteiger partial charge in [-0.3, -0.25) is 9.97 Å². The Morgan fingerprint density at radius 1 is 0.895 bits per heavy atom. The van der Waals surface area contributed by atoms with E-state index in [-0.39, 0.29) is 0 Å². The summed E-state index contributed by atoms with van der Waals surface area (Å²) in [5.41, 5.74) is 1.16. The van der Waals surface area contributed by atoms with Crippen LogP contribution in [0.1, 0.15) is 18.3 Å². The molecule has 4 nitrogen and oxygen atoms in total. The van der Waals surface area contributed by atoms with Gasteiger partial charge in [0.1, 0.15) is 5.41 Å². The van der Waals surface area contributed by atoms with Crippen molar-refractivity contribution in [1.29, 1.82) is 0 Å². The summed E-state index contributed by atoms with van der Waals surface area (Å²) >= 11 is 0. The van der Waals surface area contributed by atoms with Crippen LogP contribution >= 0.6 is 0 Å². The molecule has 0 atom stereocenters. The summed E-state index contributed by atoms with van der Waals surface area (Å²) in [4.78, 5) is 8.89. The molecule has 2 heterocycles. The zero-order valence-electron chi connectivity index (χ0n) is 11.4. The number of rotatable bonds is 5. The number of nitrogens with zero attached hydrogens (tertiary/aromatic N) is 2. The SMILES string of the molecule is COC(OC)C(C)(c1ccccn1)c1ccccn1. The smallest absolute Gasteiger partial charge is 0.173 e.